The predicted molar refractivity (Wildman–Crippen MR) is 291 cm³/mol. The van der Waals surface area contributed by atoms with Crippen LogP contribution in [0.4, 0.5) is 0 Å². The van der Waals surface area contributed by atoms with E-state index in [4.69, 9.17) is 37.7 Å². The van der Waals surface area contributed by atoms with E-state index < -0.39 is 51.6 Å². The highest BCUT2D eigenvalue weighted by Gasteiger charge is 2.52. The molecule has 20 heteroatoms. The first-order valence-electron chi connectivity index (χ1n) is 23.8. The molecule has 0 unspecified atom stereocenters. The summed E-state index contributed by atoms with van der Waals surface area (Å²) in [6, 6.07) is 13.1. The molecule has 3 saturated heterocycles. The number of aliphatic hydroxyl groups is 2. The molecule has 0 aliphatic carbocycles. The molecule has 394 valence electrons. The van der Waals surface area contributed by atoms with Gasteiger partial charge < -0.3 is 52.5 Å². The maximum absolute atomic E-state index is 12.1. The van der Waals surface area contributed by atoms with Gasteiger partial charge in [0.15, 0.2) is 11.2 Å². The van der Waals surface area contributed by atoms with Crippen molar-refractivity contribution in [2.24, 2.45) is 0 Å². The number of hydrogen-bond acceptors (Lipinski definition) is 14. The van der Waals surface area contributed by atoms with Gasteiger partial charge >= 0.3 is 19.1 Å². The summed E-state index contributed by atoms with van der Waals surface area (Å²) in [5, 5.41) is 21.4. The number of benzene rings is 2. The molecule has 5 heterocycles. The number of ether oxygens (including phenoxy) is 6. The van der Waals surface area contributed by atoms with Crippen LogP contribution in [0, 0.1) is 31.4 Å². The number of aryl methyl sites for hydroxylation is 4. The third kappa shape index (κ3) is 14.7. The van der Waals surface area contributed by atoms with Crippen molar-refractivity contribution in [3.63, 3.8) is 0 Å². The molecule has 0 saturated carbocycles. The molecule has 0 atom stereocenters. The van der Waals surface area contributed by atoms with Gasteiger partial charge in [0.2, 0.25) is 0 Å². The molecular formula is C51H80BIN4O12Si2. The Balaban J connectivity index is 0.000000237. The number of hydrogen-bond donors (Lipinski definition) is 2. The van der Waals surface area contributed by atoms with Crippen molar-refractivity contribution in [1.29, 1.82) is 0 Å². The summed E-state index contributed by atoms with van der Waals surface area (Å²) in [4.78, 5) is 32.9. The molecule has 0 bridgehead atoms. The Bertz CT molecular complexity index is 2460. The molecule has 4 aromatic rings. The number of carbonyl (C=O) groups is 2. The minimum absolute atomic E-state index is 0. The van der Waals surface area contributed by atoms with Crippen LogP contribution in [0.1, 0.15) is 90.0 Å². The van der Waals surface area contributed by atoms with E-state index in [0.717, 1.165) is 61.6 Å². The van der Waals surface area contributed by atoms with Gasteiger partial charge in [0.05, 0.1) is 80.1 Å². The zero-order chi connectivity index (χ0) is 52.2. The number of esters is 2. The fourth-order valence-corrected chi connectivity index (χ4v) is 9.57. The summed E-state index contributed by atoms with van der Waals surface area (Å²) >= 11 is 2.25. The summed E-state index contributed by atoms with van der Waals surface area (Å²) in [6.45, 7) is 33.0. The highest BCUT2D eigenvalue weighted by Crippen LogP contribution is 2.38. The Labute approximate surface area is 438 Å². The molecule has 2 N–H and O–H groups in total. The quantitative estimate of drug-likeness (QED) is 0.0471. The van der Waals surface area contributed by atoms with Crippen molar-refractivity contribution in [3.8, 4) is 11.3 Å². The van der Waals surface area contributed by atoms with Gasteiger partial charge in [-0.15, -0.1) is 0 Å². The Morgan fingerprint density at radius 3 is 1.55 bits per heavy atom. The second kappa shape index (κ2) is 23.9. The van der Waals surface area contributed by atoms with Crippen LogP contribution in [0.15, 0.2) is 36.4 Å². The van der Waals surface area contributed by atoms with Crippen LogP contribution in [0.3, 0.4) is 0 Å². The molecular weight excluding hydrogens is 1050 g/mol. The van der Waals surface area contributed by atoms with Crippen LogP contribution in [-0.4, -0.2) is 130 Å². The van der Waals surface area contributed by atoms with Crippen LogP contribution in [-0.2, 0) is 62.4 Å². The van der Waals surface area contributed by atoms with Gasteiger partial charge in [0.1, 0.15) is 28.8 Å². The number of methoxy groups -OCH3 is 2. The van der Waals surface area contributed by atoms with Crippen LogP contribution < -0.4 is 5.46 Å². The molecule has 3 aliphatic rings. The maximum atomic E-state index is 12.1. The zero-order valence-electron chi connectivity index (χ0n) is 44.3. The molecule has 16 nitrogen and oxygen atoms in total. The largest absolute Gasteiger partial charge is 0.495 e. The minimum atomic E-state index is -1.22. The van der Waals surface area contributed by atoms with E-state index in [9.17, 15) is 19.8 Å². The fourth-order valence-electron chi connectivity index (χ4n) is 7.57. The number of nitrogens with zero attached hydrogens (tertiary/aromatic N) is 4. The van der Waals surface area contributed by atoms with E-state index in [1.165, 1.54) is 14.2 Å². The van der Waals surface area contributed by atoms with E-state index in [0.29, 0.717) is 49.3 Å². The van der Waals surface area contributed by atoms with Crippen molar-refractivity contribution < 1.29 is 57.5 Å². The van der Waals surface area contributed by atoms with Crippen LogP contribution in [0.2, 0.25) is 51.4 Å². The lowest BCUT2D eigenvalue weighted by Gasteiger charge is -2.36. The Morgan fingerprint density at radius 2 is 1.11 bits per heavy atom. The van der Waals surface area contributed by atoms with Crippen molar-refractivity contribution in [1.82, 2.24) is 19.1 Å². The van der Waals surface area contributed by atoms with Crippen LogP contribution in [0.5, 0.6) is 0 Å². The van der Waals surface area contributed by atoms with Gasteiger partial charge in [-0.1, -0.05) is 64.4 Å². The predicted octanol–water partition coefficient (Wildman–Crippen LogP) is 8.53. The average Bonchev–Trinajstić information content (AvgIpc) is 3.82. The average molecular weight is 1140 g/mol. The van der Waals surface area contributed by atoms with E-state index >= 15 is 0 Å². The fraction of sp³-hybridized carbons (Fsp3) is 0.608. The van der Waals surface area contributed by atoms with Gasteiger partial charge in [-0.2, -0.15) is 0 Å². The van der Waals surface area contributed by atoms with Gasteiger partial charge in [-0.05, 0) is 125 Å². The molecule has 0 radical (unpaired) electrons. The topological polar surface area (TPSA) is 184 Å². The van der Waals surface area contributed by atoms with Crippen LogP contribution >= 0.6 is 22.6 Å². The monoisotopic (exact) mass is 1130 g/mol. The van der Waals surface area contributed by atoms with Gasteiger partial charge in [-0.3, -0.25) is 4.57 Å². The second-order valence-electron chi connectivity index (χ2n) is 22.0. The summed E-state index contributed by atoms with van der Waals surface area (Å²) in [5.74, 6) is 0.455. The SMILES string of the molecule is C.COC(=O)c1ccc(C)c(-c2c(C)nc(C3(O)COC3)n2COCC[Si](C)(C)C)c1.COC(=O)c1ccc(C)c(B2OC(C)(C)C(C)(C)O2)c1.Cc1nc(C2(O)COC2)n(COCC[Si](C)(C)C)c1I. The Morgan fingerprint density at radius 1 is 0.690 bits per heavy atom. The Hall–Kier alpha value is -3.29. The Kier molecular flexibility index (Phi) is 20.3. The molecule has 0 spiro atoms. The number of carbonyl (C=O) groups excluding carboxylic acids is 2. The van der Waals surface area contributed by atoms with Crippen molar-refractivity contribution in [2.75, 3.05) is 53.9 Å². The van der Waals surface area contributed by atoms with E-state index in [2.05, 4.69) is 71.8 Å². The smallest absolute Gasteiger partial charge is 0.465 e. The third-order valence-corrected chi connectivity index (χ3v) is 17.7. The molecule has 71 heavy (non-hydrogen) atoms. The van der Waals surface area contributed by atoms with Crippen LogP contribution in [0.25, 0.3) is 11.3 Å². The first-order valence-corrected chi connectivity index (χ1v) is 32.3. The van der Waals surface area contributed by atoms with Crippen molar-refractivity contribution in [2.45, 2.75) is 150 Å². The first kappa shape index (κ1) is 60.3. The number of halogens is 1. The van der Waals surface area contributed by atoms with Gasteiger partial charge in [0, 0.05) is 34.9 Å². The standard InChI is InChI=1S/C22H32N2O5Si.C15H21BO4.C13H23IN2O3Si.CH4/c1-15-7-8-17(20(25)27-3)11-18(15)19-16(2)23-21(22(26)12-29-13-22)24(19)14-28-9-10-30(4,5)6;1-10-7-8-11(13(17)18-6)9-12(10)16-19-14(2,3)15(4,5)20-16;1-10-11(14)16(9-18-5-6-20(2,3)4)12(15-10)13(17)7-19-8-13;/h7-8,11,26H,9-10,12-14H2,1-6H3;7-9H,1-6H3;17H,5-9H2,1-4H3;1H4. The molecule has 3 aliphatic heterocycles. The number of aromatic nitrogens is 4. The van der Waals surface area contributed by atoms with E-state index in [-0.39, 0.29) is 33.3 Å². The lowest BCUT2D eigenvalue weighted by Crippen LogP contribution is -2.48. The van der Waals surface area contributed by atoms with Crippen molar-refractivity contribution >= 4 is 63.3 Å². The van der Waals surface area contributed by atoms with E-state index in [1.807, 2.05) is 82.7 Å². The summed E-state index contributed by atoms with van der Waals surface area (Å²) in [7, 11) is -0.0157. The summed E-state index contributed by atoms with van der Waals surface area (Å²) < 4.78 is 48.8. The highest BCUT2D eigenvalue weighted by atomic mass is 127. The van der Waals surface area contributed by atoms with E-state index in [1.54, 1.807) is 18.2 Å². The van der Waals surface area contributed by atoms with Gasteiger partial charge in [0.25, 0.3) is 0 Å². The number of imidazole rings is 2. The normalized spacial score (nSPS) is 17.4. The molecule has 0 amide bonds. The molecule has 3 fully saturated rings. The molecule has 2 aromatic carbocycles. The summed E-state index contributed by atoms with van der Waals surface area (Å²) in [6.07, 6.45) is 0. The van der Waals surface area contributed by atoms with Crippen molar-refractivity contribution in [3.05, 3.63) is 85.4 Å². The zero-order valence-corrected chi connectivity index (χ0v) is 48.4. The molecule has 2 aromatic heterocycles. The third-order valence-electron chi connectivity index (χ3n) is 13.0. The minimum Gasteiger partial charge on any atom is -0.465 e. The first-order chi connectivity index (χ1) is 32.5. The second-order valence-corrected chi connectivity index (χ2v) is 34.2. The highest BCUT2D eigenvalue weighted by molar-refractivity contribution is 14.1. The molecule has 7 rings (SSSR count). The number of rotatable bonds is 16. The van der Waals surface area contributed by atoms with Gasteiger partial charge in [-0.25, -0.2) is 19.6 Å². The lowest BCUT2D eigenvalue weighted by atomic mass is 9.75. The maximum Gasteiger partial charge on any atom is 0.495 e. The lowest BCUT2D eigenvalue weighted by molar-refractivity contribution is -0.191. The summed E-state index contributed by atoms with van der Waals surface area (Å²) in [5.41, 5.74) is 4.39.